The molecule has 0 saturated carbocycles. The highest BCUT2D eigenvalue weighted by molar-refractivity contribution is 6.03. The number of amides is 1. The van der Waals surface area contributed by atoms with Crippen LogP contribution in [0, 0.1) is 17.5 Å². The minimum Gasteiger partial charge on any atom is -0.459 e. The monoisotopic (exact) mass is 379 g/mol. The van der Waals surface area contributed by atoms with E-state index in [1.165, 1.54) is 25.2 Å². The molecular formula is C20H20F3NO3. The van der Waals surface area contributed by atoms with Crippen molar-refractivity contribution in [2.45, 2.75) is 32.3 Å². The molecular weight excluding hydrogens is 359 g/mol. The fourth-order valence-electron chi connectivity index (χ4n) is 2.50. The third kappa shape index (κ3) is 4.87. The summed E-state index contributed by atoms with van der Waals surface area (Å²) in [6.07, 6.45) is 0. The molecule has 0 radical (unpaired) electrons. The van der Waals surface area contributed by atoms with Crippen molar-refractivity contribution >= 4 is 11.9 Å². The number of ether oxygens (including phenoxy) is 1. The molecule has 2 aromatic rings. The van der Waals surface area contributed by atoms with Crippen molar-refractivity contribution in [1.82, 2.24) is 5.32 Å². The summed E-state index contributed by atoms with van der Waals surface area (Å²) in [6, 6.07) is 6.92. The van der Waals surface area contributed by atoms with Gasteiger partial charge in [0.1, 0.15) is 11.4 Å². The molecule has 0 aromatic heterocycles. The van der Waals surface area contributed by atoms with Crippen LogP contribution in [0.3, 0.4) is 0 Å². The van der Waals surface area contributed by atoms with Crippen LogP contribution >= 0.6 is 0 Å². The summed E-state index contributed by atoms with van der Waals surface area (Å²) < 4.78 is 46.4. The number of rotatable bonds is 4. The standard InChI is InChI=1S/C20H20F3NO3/c1-20(2,3)27-19(26)17(18(25)24-4)13-7-5-11(9-15(13)22)12-6-8-14(21)16(23)10-12/h5-10,17H,1-4H3,(H,24,25). The van der Waals surface area contributed by atoms with Crippen LogP contribution in [0.2, 0.25) is 0 Å². The Balaban J connectivity index is 2.44. The van der Waals surface area contributed by atoms with Gasteiger partial charge in [0.2, 0.25) is 5.91 Å². The summed E-state index contributed by atoms with van der Waals surface area (Å²) in [5, 5.41) is 2.32. The minimum absolute atomic E-state index is 0.171. The van der Waals surface area contributed by atoms with Crippen molar-refractivity contribution < 1.29 is 27.5 Å². The van der Waals surface area contributed by atoms with Gasteiger partial charge in [-0.3, -0.25) is 9.59 Å². The quantitative estimate of drug-likeness (QED) is 0.647. The first-order valence-electron chi connectivity index (χ1n) is 8.23. The second-order valence-corrected chi connectivity index (χ2v) is 6.95. The maximum absolute atomic E-state index is 14.7. The first-order valence-corrected chi connectivity index (χ1v) is 8.23. The lowest BCUT2D eigenvalue weighted by Gasteiger charge is -2.23. The number of carbonyl (C=O) groups excluding carboxylic acids is 2. The first-order chi connectivity index (χ1) is 12.5. The number of carbonyl (C=O) groups is 2. The predicted octanol–water partition coefficient (Wildman–Crippen LogP) is 3.94. The zero-order chi connectivity index (χ0) is 20.4. The number of benzene rings is 2. The number of nitrogens with one attached hydrogen (secondary N) is 1. The van der Waals surface area contributed by atoms with E-state index in [1.54, 1.807) is 20.8 Å². The van der Waals surface area contributed by atoms with Crippen LogP contribution in [0.25, 0.3) is 11.1 Å². The number of hydrogen-bond donors (Lipinski definition) is 1. The van der Waals surface area contributed by atoms with Gasteiger partial charge in [0.05, 0.1) is 0 Å². The van der Waals surface area contributed by atoms with E-state index in [1.807, 2.05) is 0 Å². The highest BCUT2D eigenvalue weighted by Gasteiger charge is 2.34. The number of halogens is 3. The average molecular weight is 379 g/mol. The molecule has 0 bridgehead atoms. The lowest BCUT2D eigenvalue weighted by Crippen LogP contribution is -2.36. The van der Waals surface area contributed by atoms with Gasteiger partial charge in [0.25, 0.3) is 0 Å². The van der Waals surface area contributed by atoms with Crippen LogP contribution in [0.1, 0.15) is 32.3 Å². The predicted molar refractivity (Wildman–Crippen MR) is 94.4 cm³/mol. The molecule has 0 spiro atoms. The van der Waals surface area contributed by atoms with Gasteiger partial charge in [0, 0.05) is 12.6 Å². The van der Waals surface area contributed by atoms with Gasteiger partial charge >= 0.3 is 5.97 Å². The van der Waals surface area contributed by atoms with E-state index < -0.39 is 40.8 Å². The minimum atomic E-state index is -1.49. The Kier molecular flexibility index (Phi) is 5.93. The third-order valence-electron chi connectivity index (χ3n) is 3.72. The summed E-state index contributed by atoms with van der Waals surface area (Å²) in [5.41, 5.74) is -0.496. The van der Waals surface area contributed by atoms with E-state index in [4.69, 9.17) is 4.74 Å². The van der Waals surface area contributed by atoms with Gasteiger partial charge in [-0.1, -0.05) is 18.2 Å². The van der Waals surface area contributed by atoms with E-state index in [-0.39, 0.29) is 16.7 Å². The van der Waals surface area contributed by atoms with E-state index in [0.717, 1.165) is 18.2 Å². The molecule has 1 unspecified atom stereocenters. The van der Waals surface area contributed by atoms with E-state index >= 15 is 0 Å². The second kappa shape index (κ2) is 7.82. The number of esters is 1. The first kappa shape index (κ1) is 20.5. The van der Waals surface area contributed by atoms with Gasteiger partial charge in [0.15, 0.2) is 17.6 Å². The van der Waals surface area contributed by atoms with Crippen LogP contribution in [0.4, 0.5) is 13.2 Å². The second-order valence-electron chi connectivity index (χ2n) is 6.95. The average Bonchev–Trinajstić information content (AvgIpc) is 2.57. The van der Waals surface area contributed by atoms with Gasteiger partial charge in [-0.15, -0.1) is 0 Å². The molecule has 0 fully saturated rings. The van der Waals surface area contributed by atoms with Crippen molar-refractivity contribution in [2.24, 2.45) is 0 Å². The van der Waals surface area contributed by atoms with Gasteiger partial charge < -0.3 is 10.1 Å². The molecule has 1 N–H and O–H groups in total. The van der Waals surface area contributed by atoms with Crippen LogP contribution in [0.5, 0.6) is 0 Å². The molecule has 0 heterocycles. The Morgan fingerprint density at radius 1 is 0.926 bits per heavy atom. The summed E-state index contributed by atoms with van der Waals surface area (Å²) in [4.78, 5) is 24.6. The van der Waals surface area contributed by atoms with Crippen LogP contribution in [0.15, 0.2) is 36.4 Å². The molecule has 27 heavy (non-hydrogen) atoms. The van der Waals surface area contributed by atoms with Crippen molar-refractivity contribution in [2.75, 3.05) is 7.05 Å². The fourth-order valence-corrected chi connectivity index (χ4v) is 2.50. The zero-order valence-electron chi connectivity index (χ0n) is 15.4. The van der Waals surface area contributed by atoms with Crippen LogP contribution in [-0.2, 0) is 14.3 Å². The molecule has 2 aromatic carbocycles. The summed E-state index contributed by atoms with van der Waals surface area (Å²) in [5.74, 6) is -6.01. The summed E-state index contributed by atoms with van der Waals surface area (Å²) >= 11 is 0. The molecule has 0 aliphatic carbocycles. The highest BCUT2D eigenvalue weighted by Crippen LogP contribution is 2.29. The molecule has 1 amide bonds. The smallest absolute Gasteiger partial charge is 0.323 e. The Labute approximate surface area is 155 Å². The zero-order valence-corrected chi connectivity index (χ0v) is 15.4. The Bertz CT molecular complexity index is 875. The fraction of sp³-hybridized carbons (Fsp3) is 0.300. The molecule has 0 aliphatic heterocycles. The van der Waals surface area contributed by atoms with E-state index in [9.17, 15) is 22.8 Å². The van der Waals surface area contributed by atoms with Gasteiger partial charge in [-0.05, 0) is 50.1 Å². The SMILES string of the molecule is CNC(=O)C(C(=O)OC(C)(C)C)c1ccc(-c2ccc(F)c(F)c2)cc1F. The molecule has 1 atom stereocenters. The molecule has 4 nitrogen and oxygen atoms in total. The lowest BCUT2D eigenvalue weighted by atomic mass is 9.94. The molecule has 7 heteroatoms. The van der Waals surface area contributed by atoms with Crippen molar-refractivity contribution in [3.05, 3.63) is 59.4 Å². The maximum atomic E-state index is 14.7. The maximum Gasteiger partial charge on any atom is 0.323 e. The van der Waals surface area contributed by atoms with Gasteiger partial charge in [-0.25, -0.2) is 13.2 Å². The lowest BCUT2D eigenvalue weighted by molar-refractivity contribution is -0.158. The topological polar surface area (TPSA) is 55.4 Å². The molecule has 0 saturated heterocycles. The van der Waals surface area contributed by atoms with Crippen molar-refractivity contribution in [3.63, 3.8) is 0 Å². The van der Waals surface area contributed by atoms with E-state index in [2.05, 4.69) is 5.32 Å². The third-order valence-corrected chi connectivity index (χ3v) is 3.72. The summed E-state index contributed by atoms with van der Waals surface area (Å²) in [6.45, 7) is 4.90. The Morgan fingerprint density at radius 2 is 1.48 bits per heavy atom. The van der Waals surface area contributed by atoms with Crippen molar-refractivity contribution in [1.29, 1.82) is 0 Å². The normalized spacial score (nSPS) is 12.4. The largest absolute Gasteiger partial charge is 0.459 e. The molecule has 2 rings (SSSR count). The Hall–Kier alpha value is -2.83. The van der Waals surface area contributed by atoms with Crippen LogP contribution in [-0.4, -0.2) is 24.5 Å². The molecule has 144 valence electrons. The molecule has 0 aliphatic rings. The van der Waals surface area contributed by atoms with E-state index in [0.29, 0.717) is 0 Å². The Morgan fingerprint density at radius 3 is 1.96 bits per heavy atom. The van der Waals surface area contributed by atoms with Crippen molar-refractivity contribution in [3.8, 4) is 11.1 Å². The highest BCUT2D eigenvalue weighted by atomic mass is 19.2. The van der Waals surface area contributed by atoms with Gasteiger partial charge in [-0.2, -0.15) is 0 Å². The summed E-state index contributed by atoms with van der Waals surface area (Å²) in [7, 11) is 1.33. The van der Waals surface area contributed by atoms with Crippen LogP contribution < -0.4 is 5.32 Å². The number of likely N-dealkylation sites (N-methyl/N-ethyl adjacent to an activating group) is 1. The number of hydrogen-bond acceptors (Lipinski definition) is 3.